The third-order valence-corrected chi connectivity index (χ3v) is 12.1. The van der Waals surface area contributed by atoms with Gasteiger partial charge in [0, 0.05) is 24.2 Å². The van der Waals surface area contributed by atoms with Crippen molar-refractivity contribution in [3.05, 3.63) is 35.9 Å². The number of ether oxygens (including phenoxy) is 3. The number of rotatable bonds is 3. The molecule has 0 unspecified atom stereocenters. The maximum Gasteiger partial charge on any atom is 0.338 e. The van der Waals surface area contributed by atoms with Crippen molar-refractivity contribution in [2.45, 2.75) is 87.9 Å². The SMILES string of the molecule is CC(=O)O[C@@H]1CC[C@]23CO[C@@H](C[C@H]4[C@@H]5CC[C@@H](OC(=O)c6ccccc6)[C@@]5(C)CC[C@@H]42)[C@@]3(Br)C1. The van der Waals surface area contributed by atoms with Gasteiger partial charge in [-0.1, -0.05) is 41.1 Å². The highest BCUT2D eigenvalue weighted by Gasteiger charge is 2.72. The highest BCUT2D eigenvalue weighted by Crippen LogP contribution is 2.72. The zero-order valence-corrected chi connectivity index (χ0v) is 21.7. The molecule has 0 spiro atoms. The third kappa shape index (κ3) is 3.20. The zero-order chi connectivity index (χ0) is 23.7. The number of benzene rings is 1. The van der Waals surface area contributed by atoms with Crippen molar-refractivity contribution in [1.82, 2.24) is 0 Å². The van der Waals surface area contributed by atoms with Crippen LogP contribution in [0.2, 0.25) is 0 Å². The monoisotopic (exact) mass is 530 g/mol. The van der Waals surface area contributed by atoms with Gasteiger partial charge in [0.25, 0.3) is 0 Å². The molecule has 5 fully saturated rings. The summed E-state index contributed by atoms with van der Waals surface area (Å²) in [5, 5.41) is 0. The number of carbonyl (C=O) groups excluding carboxylic acids is 2. The number of halogens is 1. The van der Waals surface area contributed by atoms with Crippen molar-refractivity contribution in [3.63, 3.8) is 0 Å². The summed E-state index contributed by atoms with van der Waals surface area (Å²) in [6, 6.07) is 9.38. The molecular formula is C28H35BrO5. The Balaban J connectivity index is 1.23. The molecule has 5 nitrogen and oxygen atoms in total. The molecule has 34 heavy (non-hydrogen) atoms. The number of carbonyl (C=O) groups is 2. The molecule has 1 aliphatic heterocycles. The van der Waals surface area contributed by atoms with Crippen LogP contribution in [0.5, 0.6) is 0 Å². The second-order valence-electron chi connectivity index (χ2n) is 11.8. The van der Waals surface area contributed by atoms with E-state index in [0.29, 0.717) is 23.3 Å². The van der Waals surface area contributed by atoms with Crippen LogP contribution in [0.4, 0.5) is 0 Å². The summed E-state index contributed by atoms with van der Waals surface area (Å²) < 4.78 is 18.2. The molecular weight excluding hydrogens is 496 g/mol. The van der Waals surface area contributed by atoms with E-state index >= 15 is 0 Å². The summed E-state index contributed by atoms with van der Waals surface area (Å²) in [6.07, 6.45) is 8.30. The van der Waals surface area contributed by atoms with E-state index in [9.17, 15) is 9.59 Å². The van der Waals surface area contributed by atoms with Crippen LogP contribution in [0, 0.1) is 28.6 Å². The highest BCUT2D eigenvalue weighted by molar-refractivity contribution is 9.10. The normalized spacial score (nSPS) is 46.7. The molecule has 9 atom stereocenters. The van der Waals surface area contributed by atoms with Gasteiger partial charge in [-0.3, -0.25) is 4.79 Å². The van der Waals surface area contributed by atoms with E-state index < -0.39 is 0 Å². The van der Waals surface area contributed by atoms with Crippen LogP contribution >= 0.6 is 15.9 Å². The summed E-state index contributed by atoms with van der Waals surface area (Å²) in [4.78, 5) is 24.5. The van der Waals surface area contributed by atoms with Gasteiger partial charge >= 0.3 is 11.9 Å². The first-order valence-corrected chi connectivity index (χ1v) is 13.8. The predicted octanol–water partition coefficient (Wildman–Crippen LogP) is 5.69. The molecule has 0 aromatic heterocycles. The maximum atomic E-state index is 12.9. The minimum absolute atomic E-state index is 0.0161. The van der Waals surface area contributed by atoms with Crippen LogP contribution in [-0.2, 0) is 19.0 Å². The first kappa shape index (κ1) is 23.0. The molecule has 0 N–H and O–H groups in total. The summed E-state index contributed by atoms with van der Waals surface area (Å²) in [5.74, 6) is 1.38. The maximum absolute atomic E-state index is 12.9. The lowest BCUT2D eigenvalue weighted by atomic mass is 9.45. The Bertz CT molecular complexity index is 982. The molecule has 6 rings (SSSR count). The second kappa shape index (κ2) is 8.06. The molecule has 1 aromatic carbocycles. The van der Waals surface area contributed by atoms with Crippen LogP contribution < -0.4 is 0 Å². The average Bonchev–Trinajstić information content (AvgIpc) is 3.21. The molecule has 1 aromatic rings. The standard InChI is InChI=1S/C28H35BrO5/c1-17(30)33-19-10-13-27-16-32-24(28(27,29)15-19)14-20-21-8-9-23(26(21,2)12-11-22(20)27)34-25(31)18-6-4-3-5-7-18/h3-7,19-24H,8-16H2,1-2H3/t19-,20+,21+,22+,23-,24+,26+,27+,28+/m1/s1. The van der Waals surface area contributed by atoms with Gasteiger partial charge in [0.05, 0.1) is 22.6 Å². The van der Waals surface area contributed by atoms with Gasteiger partial charge in [-0.25, -0.2) is 4.79 Å². The fraction of sp³-hybridized carbons (Fsp3) is 0.714. The molecule has 1 heterocycles. The Kier molecular flexibility index (Phi) is 5.46. The second-order valence-corrected chi connectivity index (χ2v) is 13.2. The minimum atomic E-state index is -0.191. The van der Waals surface area contributed by atoms with E-state index in [2.05, 4.69) is 22.9 Å². The molecule has 6 heteroatoms. The largest absolute Gasteiger partial charge is 0.463 e. The zero-order valence-electron chi connectivity index (χ0n) is 20.1. The number of hydrogen-bond donors (Lipinski definition) is 0. The van der Waals surface area contributed by atoms with Gasteiger partial charge in [-0.05, 0) is 74.8 Å². The number of hydrogen-bond acceptors (Lipinski definition) is 5. The summed E-state index contributed by atoms with van der Waals surface area (Å²) in [5.41, 5.74) is 0.778. The smallest absolute Gasteiger partial charge is 0.338 e. The minimum Gasteiger partial charge on any atom is -0.463 e. The van der Waals surface area contributed by atoms with Crippen molar-refractivity contribution in [1.29, 1.82) is 0 Å². The Hall–Kier alpha value is -1.40. The molecule has 2 bridgehead atoms. The Morgan fingerprint density at radius 1 is 1.03 bits per heavy atom. The van der Waals surface area contributed by atoms with E-state index in [1.54, 1.807) is 0 Å². The van der Waals surface area contributed by atoms with Crippen LogP contribution in [0.1, 0.15) is 75.6 Å². The fourth-order valence-electron chi connectivity index (χ4n) is 8.95. The van der Waals surface area contributed by atoms with E-state index in [1.807, 2.05) is 30.3 Å². The number of fused-ring (bicyclic) bond motifs is 3. The van der Waals surface area contributed by atoms with E-state index in [-0.39, 0.29) is 45.4 Å². The molecule has 184 valence electrons. The van der Waals surface area contributed by atoms with Gasteiger partial charge < -0.3 is 14.2 Å². The molecule has 4 saturated carbocycles. The van der Waals surface area contributed by atoms with Gasteiger partial charge in [-0.2, -0.15) is 0 Å². The topological polar surface area (TPSA) is 61.8 Å². The average molecular weight is 531 g/mol. The van der Waals surface area contributed by atoms with Gasteiger partial charge in [0.1, 0.15) is 12.2 Å². The third-order valence-electron chi connectivity index (χ3n) is 10.5. The van der Waals surface area contributed by atoms with Gasteiger partial charge in [0.15, 0.2) is 0 Å². The number of alkyl halides is 1. The van der Waals surface area contributed by atoms with Gasteiger partial charge in [-0.15, -0.1) is 0 Å². The quantitative estimate of drug-likeness (QED) is 0.370. The van der Waals surface area contributed by atoms with E-state index in [1.165, 1.54) is 6.92 Å². The molecule has 1 saturated heterocycles. The molecule has 4 aliphatic carbocycles. The summed E-state index contributed by atoms with van der Waals surface area (Å²) in [6.45, 7) is 4.70. The number of esters is 2. The predicted molar refractivity (Wildman–Crippen MR) is 131 cm³/mol. The van der Waals surface area contributed by atoms with Crippen molar-refractivity contribution in [3.8, 4) is 0 Å². The van der Waals surface area contributed by atoms with Crippen LogP contribution in [0.15, 0.2) is 30.3 Å². The van der Waals surface area contributed by atoms with Crippen molar-refractivity contribution < 1.29 is 23.8 Å². The fourth-order valence-corrected chi connectivity index (χ4v) is 10.2. The highest BCUT2D eigenvalue weighted by atomic mass is 79.9. The lowest BCUT2D eigenvalue weighted by molar-refractivity contribution is -0.154. The van der Waals surface area contributed by atoms with Crippen LogP contribution in [0.3, 0.4) is 0 Å². The Morgan fingerprint density at radius 3 is 2.59 bits per heavy atom. The van der Waals surface area contributed by atoms with Crippen LogP contribution in [-0.4, -0.2) is 41.2 Å². The lowest BCUT2D eigenvalue weighted by Crippen LogP contribution is -2.64. The van der Waals surface area contributed by atoms with Crippen molar-refractivity contribution in [2.24, 2.45) is 28.6 Å². The summed E-state index contributed by atoms with van der Waals surface area (Å²) in [7, 11) is 0. The van der Waals surface area contributed by atoms with Crippen molar-refractivity contribution in [2.75, 3.05) is 6.61 Å². The van der Waals surface area contributed by atoms with Gasteiger partial charge in [0.2, 0.25) is 0 Å². The lowest BCUT2D eigenvalue weighted by Gasteiger charge is -2.62. The van der Waals surface area contributed by atoms with Crippen molar-refractivity contribution >= 4 is 27.9 Å². The molecule has 0 radical (unpaired) electrons. The molecule has 5 aliphatic rings. The van der Waals surface area contributed by atoms with E-state index in [4.69, 9.17) is 14.2 Å². The Labute approximate surface area is 210 Å². The summed E-state index contributed by atoms with van der Waals surface area (Å²) >= 11 is 4.22. The first-order valence-electron chi connectivity index (χ1n) is 13.0. The Morgan fingerprint density at radius 2 is 1.82 bits per heavy atom. The van der Waals surface area contributed by atoms with Crippen LogP contribution in [0.25, 0.3) is 0 Å². The molecule has 0 amide bonds. The first-order chi connectivity index (χ1) is 16.3. The van der Waals surface area contributed by atoms with E-state index in [0.717, 1.165) is 58.0 Å².